The number of hydrogen-bond acceptors (Lipinski definition) is 4. The Balaban J connectivity index is 1.36. The molecule has 4 nitrogen and oxygen atoms in total. The van der Waals surface area contributed by atoms with Crippen LogP contribution in [0.4, 0.5) is 0 Å². The fourth-order valence-corrected chi connectivity index (χ4v) is 6.49. The van der Waals surface area contributed by atoms with E-state index in [-0.39, 0.29) is 23.9 Å². The van der Waals surface area contributed by atoms with Crippen molar-refractivity contribution in [2.45, 2.75) is 90.1 Å². The summed E-state index contributed by atoms with van der Waals surface area (Å²) in [6.45, 7) is 2.29. The molecular weight excluding hydrogens is 376 g/mol. The maximum absolute atomic E-state index is 13.1. The van der Waals surface area contributed by atoms with E-state index >= 15 is 0 Å². The molecule has 0 aliphatic heterocycles. The molecule has 0 aromatic heterocycles. The molecule has 4 atom stereocenters. The van der Waals surface area contributed by atoms with Gasteiger partial charge in [-0.25, -0.2) is 0 Å². The Morgan fingerprint density at radius 1 is 1.10 bits per heavy atom. The first-order valence-corrected chi connectivity index (χ1v) is 12.4. The van der Waals surface area contributed by atoms with Gasteiger partial charge in [-0.05, 0) is 88.0 Å². The number of Topliss-reactive ketones (excluding diaryl/α,β-unsaturated/α-hetero) is 1. The van der Waals surface area contributed by atoms with Gasteiger partial charge in [0.2, 0.25) is 0 Å². The quantitative estimate of drug-likeness (QED) is 0.384. The van der Waals surface area contributed by atoms with Gasteiger partial charge in [0, 0.05) is 5.92 Å². The predicted octanol–water partition coefficient (Wildman–Crippen LogP) is 5.15. The first kappa shape index (κ1) is 21.8. The van der Waals surface area contributed by atoms with E-state index in [0.29, 0.717) is 30.1 Å². The monoisotopic (exact) mass is 414 g/mol. The normalized spacial score (nSPS) is 33.9. The number of allylic oxidation sites excluding steroid dienone is 3. The highest BCUT2D eigenvalue weighted by molar-refractivity contribution is 6.00. The minimum Gasteiger partial charge on any atom is -0.466 e. The van der Waals surface area contributed by atoms with Gasteiger partial charge in [0.25, 0.3) is 0 Å². The fraction of sp³-hybridized carbons (Fsp3) is 0.769. The molecule has 0 heterocycles. The number of ether oxygens (including phenoxy) is 1. The Labute approximate surface area is 181 Å². The zero-order valence-electron chi connectivity index (χ0n) is 18.5. The van der Waals surface area contributed by atoms with E-state index in [1.807, 2.05) is 13.0 Å². The van der Waals surface area contributed by atoms with Crippen LogP contribution >= 0.6 is 0 Å². The summed E-state index contributed by atoms with van der Waals surface area (Å²) in [6, 6.07) is 0. The lowest BCUT2D eigenvalue weighted by Gasteiger charge is -2.25. The summed E-state index contributed by atoms with van der Waals surface area (Å²) in [5, 5.41) is 10.6. The second-order valence-electron chi connectivity index (χ2n) is 9.96. The molecule has 4 aliphatic rings. The summed E-state index contributed by atoms with van der Waals surface area (Å²) in [5.74, 6) is 1.75. The molecule has 0 bridgehead atoms. The van der Waals surface area contributed by atoms with Crippen LogP contribution in [0, 0.1) is 29.6 Å². The van der Waals surface area contributed by atoms with Crippen molar-refractivity contribution in [3.8, 4) is 0 Å². The van der Waals surface area contributed by atoms with E-state index in [9.17, 15) is 14.7 Å². The van der Waals surface area contributed by atoms with Gasteiger partial charge in [0.1, 0.15) is 0 Å². The van der Waals surface area contributed by atoms with Gasteiger partial charge in [-0.2, -0.15) is 0 Å². The highest BCUT2D eigenvalue weighted by atomic mass is 16.5. The van der Waals surface area contributed by atoms with Crippen molar-refractivity contribution in [2.24, 2.45) is 29.6 Å². The highest BCUT2D eigenvalue weighted by Gasteiger charge is 2.46. The lowest BCUT2D eigenvalue weighted by atomic mass is 9.82. The van der Waals surface area contributed by atoms with E-state index < -0.39 is 0 Å². The van der Waals surface area contributed by atoms with Gasteiger partial charge in [-0.3, -0.25) is 9.59 Å². The molecule has 30 heavy (non-hydrogen) atoms. The van der Waals surface area contributed by atoms with Crippen LogP contribution < -0.4 is 0 Å². The van der Waals surface area contributed by atoms with E-state index in [2.05, 4.69) is 6.08 Å². The van der Waals surface area contributed by atoms with E-state index in [1.165, 1.54) is 24.8 Å². The summed E-state index contributed by atoms with van der Waals surface area (Å²) >= 11 is 0. The van der Waals surface area contributed by atoms with Crippen LogP contribution in [-0.2, 0) is 14.3 Å². The van der Waals surface area contributed by atoms with E-state index in [0.717, 1.165) is 63.4 Å². The second kappa shape index (κ2) is 9.80. The molecule has 4 rings (SSSR count). The lowest BCUT2D eigenvalue weighted by Crippen LogP contribution is -2.22. The molecule has 166 valence electrons. The molecule has 0 amide bonds. The summed E-state index contributed by atoms with van der Waals surface area (Å²) in [5.41, 5.74) is 2.39. The number of carbonyl (C=O) groups excluding carboxylic acids is 2. The molecule has 0 saturated heterocycles. The van der Waals surface area contributed by atoms with Gasteiger partial charge in [-0.15, -0.1) is 0 Å². The number of aliphatic hydroxyl groups excluding tert-OH is 1. The molecule has 0 spiro atoms. The Kier molecular flexibility index (Phi) is 7.12. The first-order valence-electron chi connectivity index (χ1n) is 12.4. The molecule has 4 heteroatoms. The van der Waals surface area contributed by atoms with Crippen LogP contribution in [0.3, 0.4) is 0 Å². The van der Waals surface area contributed by atoms with Crippen molar-refractivity contribution in [3.05, 3.63) is 23.3 Å². The number of aliphatic hydroxyl groups is 1. The topological polar surface area (TPSA) is 63.6 Å². The number of ketones is 1. The molecule has 4 aliphatic carbocycles. The summed E-state index contributed by atoms with van der Waals surface area (Å²) < 4.78 is 5.18. The standard InChI is InChI=1S/C26H38O4/c1-2-30-26(29)20-10-8-18(9-11-20)23-16-22-17(12-14-21(22)25(23)28)13-15-24(27)19-6-4-3-5-7-19/h13,15,17,19-22,24,27H,2-12,14,16H2,1H3/b15-13+,23-18?. The average molecular weight is 415 g/mol. The third-order valence-electron chi connectivity index (χ3n) is 8.28. The van der Waals surface area contributed by atoms with Crippen molar-refractivity contribution in [3.63, 3.8) is 0 Å². The zero-order valence-corrected chi connectivity index (χ0v) is 18.5. The largest absolute Gasteiger partial charge is 0.466 e. The second-order valence-corrected chi connectivity index (χ2v) is 9.96. The van der Waals surface area contributed by atoms with Crippen molar-refractivity contribution in [2.75, 3.05) is 6.61 Å². The van der Waals surface area contributed by atoms with Crippen LogP contribution in [0.1, 0.15) is 84.0 Å². The lowest BCUT2D eigenvalue weighted by molar-refractivity contribution is -0.148. The summed E-state index contributed by atoms with van der Waals surface area (Å²) in [7, 11) is 0. The average Bonchev–Trinajstić information content (AvgIpc) is 3.33. The van der Waals surface area contributed by atoms with Crippen molar-refractivity contribution in [1.82, 2.24) is 0 Å². The van der Waals surface area contributed by atoms with Crippen molar-refractivity contribution in [1.29, 1.82) is 0 Å². The van der Waals surface area contributed by atoms with Gasteiger partial charge in [-0.1, -0.05) is 37.0 Å². The number of fused-ring (bicyclic) bond motifs is 1. The number of rotatable bonds is 5. The molecule has 4 saturated carbocycles. The van der Waals surface area contributed by atoms with Gasteiger partial charge in [0.05, 0.1) is 18.6 Å². The van der Waals surface area contributed by atoms with Crippen LogP contribution in [0.25, 0.3) is 0 Å². The molecular formula is C26H38O4. The smallest absolute Gasteiger partial charge is 0.308 e. The van der Waals surface area contributed by atoms with Gasteiger partial charge >= 0.3 is 5.97 Å². The number of carbonyl (C=O) groups is 2. The highest BCUT2D eigenvalue weighted by Crippen LogP contribution is 2.50. The number of hydrogen-bond donors (Lipinski definition) is 1. The number of esters is 1. The molecule has 0 aromatic rings. The van der Waals surface area contributed by atoms with E-state index in [1.54, 1.807) is 0 Å². The third-order valence-corrected chi connectivity index (χ3v) is 8.28. The Morgan fingerprint density at radius 3 is 2.53 bits per heavy atom. The summed E-state index contributed by atoms with van der Waals surface area (Å²) in [6.07, 6.45) is 16.4. The minimum absolute atomic E-state index is 0.00209. The van der Waals surface area contributed by atoms with E-state index in [4.69, 9.17) is 4.74 Å². The van der Waals surface area contributed by atoms with Gasteiger partial charge in [0.15, 0.2) is 5.78 Å². The maximum atomic E-state index is 13.1. The molecule has 0 aromatic carbocycles. The molecule has 4 unspecified atom stereocenters. The van der Waals surface area contributed by atoms with Crippen LogP contribution in [-0.4, -0.2) is 29.6 Å². The minimum atomic E-state index is -0.322. The molecule has 4 fully saturated rings. The fourth-order valence-electron chi connectivity index (χ4n) is 6.49. The Hall–Kier alpha value is -1.42. The van der Waals surface area contributed by atoms with Crippen molar-refractivity contribution >= 4 is 11.8 Å². The van der Waals surface area contributed by atoms with Gasteiger partial charge < -0.3 is 9.84 Å². The SMILES string of the molecule is CCOC(=O)C1CCC(=C2CC3C(/C=C/C(O)C4CCCCC4)CCC3C2=O)CC1. The van der Waals surface area contributed by atoms with Crippen molar-refractivity contribution < 1.29 is 19.4 Å². The Bertz CT molecular complexity index is 690. The predicted molar refractivity (Wildman–Crippen MR) is 117 cm³/mol. The first-order chi connectivity index (χ1) is 14.6. The third kappa shape index (κ3) is 4.59. The summed E-state index contributed by atoms with van der Waals surface area (Å²) in [4.78, 5) is 25.1. The Morgan fingerprint density at radius 2 is 1.83 bits per heavy atom. The van der Waals surface area contributed by atoms with Crippen LogP contribution in [0.5, 0.6) is 0 Å². The van der Waals surface area contributed by atoms with Crippen LogP contribution in [0.2, 0.25) is 0 Å². The van der Waals surface area contributed by atoms with Crippen LogP contribution in [0.15, 0.2) is 23.3 Å². The molecule has 1 N–H and O–H groups in total. The maximum Gasteiger partial charge on any atom is 0.308 e. The zero-order chi connectivity index (χ0) is 21.1. The molecule has 0 radical (unpaired) electrons.